The van der Waals surface area contributed by atoms with Crippen molar-refractivity contribution < 1.29 is 23.8 Å². The molecule has 0 bridgehead atoms. The van der Waals surface area contributed by atoms with Gasteiger partial charge in [0, 0.05) is 6.54 Å². The first-order chi connectivity index (χ1) is 14.4. The monoisotopic (exact) mass is 430 g/mol. The van der Waals surface area contributed by atoms with Crippen LogP contribution in [-0.2, 0) is 20.6 Å². The number of carbonyl (C=O) groups is 2. The second-order valence-electron chi connectivity index (χ2n) is 7.42. The maximum Gasteiger partial charge on any atom is 0.326 e. The summed E-state index contributed by atoms with van der Waals surface area (Å²) in [5.74, 6) is -0.942. The third-order valence-corrected chi connectivity index (χ3v) is 7.21. The summed E-state index contributed by atoms with van der Waals surface area (Å²) in [5.41, 5.74) is 1.01. The van der Waals surface area contributed by atoms with Crippen LogP contribution in [0.25, 0.3) is 0 Å². The predicted molar refractivity (Wildman–Crippen MR) is 115 cm³/mol. The number of hydrogen-bond acceptors (Lipinski definition) is 4. The topological polar surface area (TPSA) is 95.9 Å². The largest absolute Gasteiger partial charge is 0.480 e. The van der Waals surface area contributed by atoms with Crippen LogP contribution in [0.3, 0.4) is 0 Å². The lowest BCUT2D eigenvalue weighted by Crippen LogP contribution is -2.48. The molecule has 3 rings (SSSR count). The van der Waals surface area contributed by atoms with Crippen molar-refractivity contribution in [1.29, 1.82) is 0 Å². The number of para-hydroxylation sites is 1. The highest BCUT2D eigenvalue weighted by atomic mass is 31.2. The molecule has 2 N–H and O–H groups in total. The quantitative estimate of drug-likeness (QED) is 0.591. The second-order valence-corrected chi connectivity index (χ2v) is 9.65. The number of nitrogens with zero attached hydrogens (tertiary/aromatic N) is 1. The van der Waals surface area contributed by atoms with E-state index in [1.807, 2.05) is 36.4 Å². The van der Waals surface area contributed by atoms with E-state index in [9.17, 15) is 19.3 Å². The SMILES string of the molecule is CC(NP(=O)(CCc1ccccc1)Oc1ccccc1)C(=O)N1CCC[C@H]1C(=O)O. The highest BCUT2D eigenvalue weighted by Crippen LogP contribution is 2.44. The average molecular weight is 430 g/mol. The molecule has 7 nitrogen and oxygen atoms in total. The smallest absolute Gasteiger partial charge is 0.326 e. The zero-order chi connectivity index (χ0) is 21.6. The number of benzene rings is 2. The summed E-state index contributed by atoms with van der Waals surface area (Å²) in [4.78, 5) is 25.7. The number of carboxylic acid groups (broad SMARTS) is 1. The Bertz CT molecular complexity index is 906. The number of aliphatic carboxylic acids is 1. The van der Waals surface area contributed by atoms with Crippen molar-refractivity contribution in [2.75, 3.05) is 12.7 Å². The molecule has 0 aliphatic carbocycles. The van der Waals surface area contributed by atoms with Gasteiger partial charge in [-0.1, -0.05) is 48.5 Å². The number of likely N-dealkylation sites (tertiary alicyclic amines) is 1. The van der Waals surface area contributed by atoms with Crippen molar-refractivity contribution in [1.82, 2.24) is 9.99 Å². The molecule has 8 heteroatoms. The van der Waals surface area contributed by atoms with E-state index in [-0.39, 0.29) is 12.1 Å². The first kappa shape index (κ1) is 22.1. The van der Waals surface area contributed by atoms with Crippen LogP contribution in [-0.4, -0.2) is 46.7 Å². The summed E-state index contributed by atoms with van der Waals surface area (Å²) in [7, 11) is -3.45. The number of carbonyl (C=O) groups excluding carboxylic acids is 1. The molecule has 0 aromatic heterocycles. The predicted octanol–water partition coefficient (Wildman–Crippen LogP) is 3.55. The van der Waals surface area contributed by atoms with Crippen LogP contribution in [0, 0.1) is 0 Å². The maximum atomic E-state index is 13.7. The highest BCUT2D eigenvalue weighted by Gasteiger charge is 2.38. The van der Waals surface area contributed by atoms with Crippen molar-refractivity contribution >= 4 is 19.4 Å². The van der Waals surface area contributed by atoms with Gasteiger partial charge in [-0.15, -0.1) is 0 Å². The molecule has 0 radical (unpaired) electrons. The van der Waals surface area contributed by atoms with Gasteiger partial charge in [0.2, 0.25) is 5.91 Å². The van der Waals surface area contributed by atoms with Crippen LogP contribution in [0.2, 0.25) is 0 Å². The molecule has 1 aliphatic heterocycles. The molecule has 1 aliphatic rings. The van der Waals surface area contributed by atoms with Crippen LogP contribution in [0.1, 0.15) is 25.3 Å². The van der Waals surface area contributed by atoms with E-state index in [4.69, 9.17) is 4.52 Å². The van der Waals surface area contributed by atoms with Gasteiger partial charge >= 0.3 is 13.5 Å². The molecule has 1 heterocycles. The van der Waals surface area contributed by atoms with Crippen LogP contribution in [0.5, 0.6) is 5.75 Å². The maximum absolute atomic E-state index is 13.7. The Balaban J connectivity index is 1.74. The fraction of sp³-hybridized carbons (Fsp3) is 0.364. The van der Waals surface area contributed by atoms with E-state index in [0.717, 1.165) is 5.56 Å². The van der Waals surface area contributed by atoms with Crippen LogP contribution < -0.4 is 9.61 Å². The average Bonchev–Trinajstić information content (AvgIpc) is 3.23. The number of aryl methyl sites for hydroxylation is 1. The first-order valence-corrected chi connectivity index (χ1v) is 11.9. The molecule has 0 saturated carbocycles. The lowest BCUT2D eigenvalue weighted by molar-refractivity contribution is -0.148. The van der Waals surface area contributed by atoms with E-state index in [1.54, 1.807) is 31.2 Å². The molecule has 0 spiro atoms. The Hall–Kier alpha value is -2.63. The number of carboxylic acids is 1. The molecule has 2 unspecified atom stereocenters. The number of amides is 1. The zero-order valence-electron chi connectivity index (χ0n) is 16.9. The fourth-order valence-electron chi connectivity index (χ4n) is 3.60. The van der Waals surface area contributed by atoms with E-state index in [1.165, 1.54) is 4.90 Å². The van der Waals surface area contributed by atoms with Gasteiger partial charge in [-0.25, -0.2) is 9.88 Å². The summed E-state index contributed by atoms with van der Waals surface area (Å²) in [6, 6.07) is 16.8. The summed E-state index contributed by atoms with van der Waals surface area (Å²) in [6.45, 7) is 1.98. The molecule has 160 valence electrons. The molecule has 3 atom stereocenters. The van der Waals surface area contributed by atoms with Crippen molar-refractivity contribution in [2.24, 2.45) is 0 Å². The molecular weight excluding hydrogens is 403 g/mol. The van der Waals surface area contributed by atoms with Gasteiger partial charge in [-0.3, -0.25) is 9.36 Å². The lowest BCUT2D eigenvalue weighted by atomic mass is 10.2. The lowest BCUT2D eigenvalue weighted by Gasteiger charge is -2.28. The Morgan fingerprint density at radius 2 is 1.80 bits per heavy atom. The zero-order valence-corrected chi connectivity index (χ0v) is 17.8. The molecule has 1 amide bonds. The fourth-order valence-corrected chi connectivity index (χ4v) is 5.58. The molecule has 2 aromatic carbocycles. The number of rotatable bonds is 9. The standard InChI is InChI=1S/C22H27N2O5P/c1-17(21(25)24-15-8-13-20(24)22(26)27)23-30(28,29-19-11-6-3-7-12-19)16-14-18-9-4-2-5-10-18/h2-7,9-12,17,20H,8,13-16H2,1H3,(H,23,28)(H,26,27)/t17?,20-,30?/m0/s1. The van der Waals surface area contributed by atoms with Crippen molar-refractivity contribution in [3.05, 3.63) is 66.2 Å². The van der Waals surface area contributed by atoms with E-state index in [2.05, 4.69) is 5.09 Å². The number of nitrogens with one attached hydrogen (secondary N) is 1. The van der Waals surface area contributed by atoms with Crippen molar-refractivity contribution in [3.63, 3.8) is 0 Å². The van der Waals surface area contributed by atoms with Crippen LogP contribution >= 0.6 is 7.52 Å². The molecule has 1 fully saturated rings. The highest BCUT2D eigenvalue weighted by molar-refractivity contribution is 7.57. The van der Waals surface area contributed by atoms with Gasteiger partial charge in [-0.05, 0) is 43.9 Å². The molecular formula is C22H27N2O5P. The van der Waals surface area contributed by atoms with Crippen molar-refractivity contribution in [2.45, 2.75) is 38.3 Å². The van der Waals surface area contributed by atoms with Gasteiger partial charge < -0.3 is 14.5 Å². The second kappa shape index (κ2) is 9.92. The molecule has 30 heavy (non-hydrogen) atoms. The van der Waals surface area contributed by atoms with E-state index >= 15 is 0 Å². The van der Waals surface area contributed by atoms with E-state index in [0.29, 0.717) is 31.6 Å². The Morgan fingerprint density at radius 1 is 1.17 bits per heavy atom. The third kappa shape index (κ3) is 5.71. The summed E-state index contributed by atoms with van der Waals surface area (Å²) in [6.07, 6.45) is 1.79. The minimum atomic E-state index is -3.45. The van der Waals surface area contributed by atoms with Gasteiger partial charge in [0.05, 0.1) is 12.2 Å². The minimum absolute atomic E-state index is 0.200. The van der Waals surface area contributed by atoms with Gasteiger partial charge in [0.1, 0.15) is 11.8 Å². The van der Waals surface area contributed by atoms with Gasteiger partial charge in [-0.2, -0.15) is 0 Å². The Kier molecular flexibility index (Phi) is 7.29. The summed E-state index contributed by atoms with van der Waals surface area (Å²) in [5, 5.41) is 12.3. The molecule has 1 saturated heterocycles. The number of hydrogen-bond donors (Lipinski definition) is 2. The third-order valence-electron chi connectivity index (χ3n) is 5.12. The Morgan fingerprint density at radius 3 is 2.43 bits per heavy atom. The minimum Gasteiger partial charge on any atom is -0.480 e. The normalized spacial score (nSPS) is 19.1. The van der Waals surface area contributed by atoms with Gasteiger partial charge in [0.25, 0.3) is 0 Å². The Labute approximate surface area is 176 Å². The van der Waals surface area contributed by atoms with E-state index < -0.39 is 25.6 Å². The van der Waals surface area contributed by atoms with Crippen LogP contribution in [0.15, 0.2) is 60.7 Å². The van der Waals surface area contributed by atoms with Crippen LogP contribution in [0.4, 0.5) is 0 Å². The first-order valence-electron chi connectivity index (χ1n) is 10.1. The summed E-state index contributed by atoms with van der Waals surface area (Å²) >= 11 is 0. The summed E-state index contributed by atoms with van der Waals surface area (Å²) < 4.78 is 19.5. The molecule has 2 aromatic rings. The van der Waals surface area contributed by atoms with Crippen molar-refractivity contribution in [3.8, 4) is 5.75 Å². The van der Waals surface area contributed by atoms with Gasteiger partial charge in [0.15, 0.2) is 0 Å².